The van der Waals surface area contributed by atoms with Crippen molar-refractivity contribution in [1.29, 1.82) is 0 Å². The second-order valence-electron chi connectivity index (χ2n) is 4.78. The number of likely N-dealkylation sites (N-methyl/N-ethyl adjacent to an activating group) is 1. The monoisotopic (exact) mass is 210 g/mol. The zero-order chi connectivity index (χ0) is 11.1. The van der Waals surface area contributed by atoms with Gasteiger partial charge in [-0.15, -0.1) is 0 Å². The van der Waals surface area contributed by atoms with E-state index in [2.05, 4.69) is 30.8 Å². The third-order valence-electron chi connectivity index (χ3n) is 3.22. The summed E-state index contributed by atoms with van der Waals surface area (Å²) in [6.07, 6.45) is 6.79. The molecule has 0 unspecified atom stereocenters. The van der Waals surface area contributed by atoms with Gasteiger partial charge in [0.15, 0.2) is 0 Å². The zero-order valence-corrected chi connectivity index (χ0v) is 10.4. The maximum atomic E-state index is 4.13. The van der Waals surface area contributed by atoms with Gasteiger partial charge in [0, 0.05) is 19.1 Å². The SMILES string of the molecule is C=C(CNCCC)CN(C)C1CCCC1. The van der Waals surface area contributed by atoms with Crippen LogP contribution in [0.2, 0.25) is 0 Å². The molecule has 88 valence electrons. The Kier molecular flexibility index (Phi) is 5.96. The first-order chi connectivity index (χ1) is 7.24. The molecule has 0 spiro atoms. The van der Waals surface area contributed by atoms with E-state index in [1.165, 1.54) is 37.7 Å². The van der Waals surface area contributed by atoms with Gasteiger partial charge in [0.25, 0.3) is 0 Å². The van der Waals surface area contributed by atoms with Crippen LogP contribution in [0.4, 0.5) is 0 Å². The Balaban J connectivity index is 2.13. The van der Waals surface area contributed by atoms with E-state index in [0.717, 1.165) is 25.7 Å². The Bertz CT molecular complexity index is 183. The minimum atomic E-state index is 0.813. The van der Waals surface area contributed by atoms with E-state index >= 15 is 0 Å². The lowest BCUT2D eigenvalue weighted by Gasteiger charge is -2.25. The Labute approximate surface area is 94.7 Å². The summed E-state index contributed by atoms with van der Waals surface area (Å²) in [6.45, 7) is 9.47. The van der Waals surface area contributed by atoms with Crippen LogP contribution in [0.25, 0.3) is 0 Å². The van der Waals surface area contributed by atoms with Gasteiger partial charge in [-0.3, -0.25) is 4.90 Å². The second kappa shape index (κ2) is 7.02. The number of hydrogen-bond acceptors (Lipinski definition) is 2. The molecule has 0 saturated heterocycles. The van der Waals surface area contributed by atoms with Crippen LogP contribution in [0.1, 0.15) is 39.0 Å². The Hall–Kier alpha value is -0.340. The summed E-state index contributed by atoms with van der Waals surface area (Å²) in [5, 5.41) is 3.40. The molecular formula is C13H26N2. The second-order valence-corrected chi connectivity index (χ2v) is 4.78. The normalized spacial score (nSPS) is 17.5. The molecule has 0 radical (unpaired) electrons. The summed E-state index contributed by atoms with van der Waals surface area (Å²) in [6, 6.07) is 0.813. The van der Waals surface area contributed by atoms with Crippen LogP contribution in [0.15, 0.2) is 12.2 Å². The lowest BCUT2D eigenvalue weighted by molar-refractivity contribution is 0.264. The van der Waals surface area contributed by atoms with Crippen LogP contribution < -0.4 is 5.32 Å². The van der Waals surface area contributed by atoms with E-state index in [1.54, 1.807) is 0 Å². The van der Waals surface area contributed by atoms with Crippen LogP contribution in [0.3, 0.4) is 0 Å². The molecule has 1 saturated carbocycles. The first-order valence-corrected chi connectivity index (χ1v) is 6.31. The van der Waals surface area contributed by atoms with Crippen LogP contribution in [0.5, 0.6) is 0 Å². The summed E-state index contributed by atoms with van der Waals surface area (Å²) in [4.78, 5) is 2.48. The van der Waals surface area contributed by atoms with Crippen molar-refractivity contribution in [2.24, 2.45) is 0 Å². The van der Waals surface area contributed by atoms with Gasteiger partial charge in [0.05, 0.1) is 0 Å². The third kappa shape index (κ3) is 4.80. The van der Waals surface area contributed by atoms with Gasteiger partial charge in [0.1, 0.15) is 0 Å². The molecule has 1 fully saturated rings. The van der Waals surface area contributed by atoms with E-state index in [0.29, 0.717) is 0 Å². The molecule has 0 bridgehead atoms. The fourth-order valence-electron chi connectivity index (χ4n) is 2.32. The fourth-order valence-corrected chi connectivity index (χ4v) is 2.32. The summed E-state index contributed by atoms with van der Waals surface area (Å²) in [5.74, 6) is 0. The van der Waals surface area contributed by atoms with E-state index < -0.39 is 0 Å². The highest BCUT2D eigenvalue weighted by Gasteiger charge is 2.19. The molecule has 0 aromatic rings. The smallest absolute Gasteiger partial charge is 0.0202 e. The van der Waals surface area contributed by atoms with Crippen LogP contribution in [-0.2, 0) is 0 Å². The standard InChI is InChI=1S/C13H26N2/c1-4-9-14-10-12(2)11-15(3)13-7-5-6-8-13/h13-14H,2,4-11H2,1,3H3. The number of nitrogens with one attached hydrogen (secondary N) is 1. The highest BCUT2D eigenvalue weighted by molar-refractivity contribution is 5.00. The van der Waals surface area contributed by atoms with E-state index in [9.17, 15) is 0 Å². The lowest BCUT2D eigenvalue weighted by Crippen LogP contribution is -2.33. The van der Waals surface area contributed by atoms with Gasteiger partial charge < -0.3 is 5.32 Å². The van der Waals surface area contributed by atoms with Gasteiger partial charge in [-0.25, -0.2) is 0 Å². The maximum Gasteiger partial charge on any atom is 0.0202 e. The first-order valence-electron chi connectivity index (χ1n) is 6.31. The molecule has 1 N–H and O–H groups in total. The molecule has 1 aliphatic rings. The highest BCUT2D eigenvalue weighted by atomic mass is 15.1. The number of rotatable bonds is 7. The van der Waals surface area contributed by atoms with Crippen molar-refractivity contribution < 1.29 is 0 Å². The molecule has 0 aliphatic heterocycles. The molecule has 0 aromatic heterocycles. The molecule has 15 heavy (non-hydrogen) atoms. The average Bonchev–Trinajstić information content (AvgIpc) is 2.70. The van der Waals surface area contributed by atoms with E-state index in [1.807, 2.05) is 0 Å². The predicted molar refractivity (Wildman–Crippen MR) is 67.2 cm³/mol. The molecule has 0 atom stereocenters. The molecule has 0 aromatic carbocycles. The summed E-state index contributed by atoms with van der Waals surface area (Å²) >= 11 is 0. The molecule has 1 aliphatic carbocycles. The fraction of sp³-hybridized carbons (Fsp3) is 0.846. The van der Waals surface area contributed by atoms with Gasteiger partial charge in [-0.1, -0.05) is 26.3 Å². The predicted octanol–water partition coefficient (Wildman–Crippen LogP) is 2.42. The van der Waals surface area contributed by atoms with Gasteiger partial charge in [0.2, 0.25) is 0 Å². The van der Waals surface area contributed by atoms with Crippen molar-refractivity contribution in [3.05, 3.63) is 12.2 Å². The molecule has 2 heteroatoms. The Morgan fingerprint density at radius 3 is 2.67 bits per heavy atom. The zero-order valence-electron chi connectivity index (χ0n) is 10.4. The van der Waals surface area contributed by atoms with Gasteiger partial charge >= 0.3 is 0 Å². The van der Waals surface area contributed by atoms with Crippen molar-refractivity contribution in [3.63, 3.8) is 0 Å². The Morgan fingerprint density at radius 2 is 2.07 bits per heavy atom. The van der Waals surface area contributed by atoms with Crippen molar-refractivity contribution in [2.45, 2.75) is 45.1 Å². The third-order valence-corrected chi connectivity index (χ3v) is 3.22. The summed E-state index contributed by atoms with van der Waals surface area (Å²) < 4.78 is 0. The maximum absolute atomic E-state index is 4.13. The lowest BCUT2D eigenvalue weighted by atomic mass is 10.2. The van der Waals surface area contributed by atoms with Crippen LogP contribution in [0, 0.1) is 0 Å². The van der Waals surface area contributed by atoms with Crippen molar-refractivity contribution >= 4 is 0 Å². The largest absolute Gasteiger partial charge is 0.313 e. The minimum absolute atomic E-state index is 0.813. The van der Waals surface area contributed by atoms with E-state index in [4.69, 9.17) is 0 Å². The van der Waals surface area contributed by atoms with Crippen molar-refractivity contribution in [2.75, 3.05) is 26.7 Å². The molecule has 0 amide bonds. The van der Waals surface area contributed by atoms with Gasteiger partial charge in [-0.05, 0) is 38.4 Å². The number of hydrogen-bond donors (Lipinski definition) is 1. The van der Waals surface area contributed by atoms with Crippen molar-refractivity contribution in [1.82, 2.24) is 10.2 Å². The number of nitrogens with zero attached hydrogens (tertiary/aromatic N) is 1. The van der Waals surface area contributed by atoms with Crippen molar-refractivity contribution in [3.8, 4) is 0 Å². The summed E-state index contributed by atoms with van der Waals surface area (Å²) in [7, 11) is 2.24. The minimum Gasteiger partial charge on any atom is -0.313 e. The quantitative estimate of drug-likeness (QED) is 0.513. The average molecular weight is 210 g/mol. The first kappa shape index (κ1) is 12.7. The highest BCUT2D eigenvalue weighted by Crippen LogP contribution is 2.22. The molecule has 1 rings (SSSR count). The molecule has 0 heterocycles. The molecular weight excluding hydrogens is 184 g/mol. The Morgan fingerprint density at radius 1 is 1.40 bits per heavy atom. The molecule has 2 nitrogen and oxygen atoms in total. The van der Waals surface area contributed by atoms with Gasteiger partial charge in [-0.2, -0.15) is 0 Å². The summed E-state index contributed by atoms with van der Waals surface area (Å²) in [5.41, 5.74) is 1.32. The van der Waals surface area contributed by atoms with E-state index in [-0.39, 0.29) is 0 Å². The van der Waals surface area contributed by atoms with Crippen LogP contribution in [-0.4, -0.2) is 37.6 Å². The van der Waals surface area contributed by atoms with Crippen LogP contribution >= 0.6 is 0 Å². The topological polar surface area (TPSA) is 15.3 Å².